The van der Waals surface area contributed by atoms with Crippen molar-refractivity contribution in [1.29, 1.82) is 0 Å². The minimum Gasteiger partial charge on any atom is -0.316 e. The summed E-state index contributed by atoms with van der Waals surface area (Å²) in [6.45, 7) is 11.6. The Labute approximate surface area is 125 Å². The van der Waals surface area contributed by atoms with E-state index in [4.69, 9.17) is 0 Å². The molecule has 20 heavy (non-hydrogen) atoms. The molecule has 2 rings (SSSR count). The van der Waals surface area contributed by atoms with E-state index in [0.29, 0.717) is 5.41 Å². The van der Waals surface area contributed by atoms with Crippen molar-refractivity contribution in [2.45, 2.75) is 58.8 Å². The third-order valence-corrected chi connectivity index (χ3v) is 5.17. The Morgan fingerprint density at radius 2 is 1.95 bits per heavy atom. The molecule has 0 saturated carbocycles. The van der Waals surface area contributed by atoms with E-state index in [9.17, 15) is 0 Å². The fraction of sp³-hybridized carbons (Fsp3) is 0.684. The van der Waals surface area contributed by atoms with Gasteiger partial charge in [-0.3, -0.25) is 0 Å². The fourth-order valence-electron chi connectivity index (χ4n) is 3.80. The number of aryl methyl sites for hydroxylation is 1. The summed E-state index contributed by atoms with van der Waals surface area (Å²) in [5.74, 6) is 1.46. The second-order valence-corrected chi connectivity index (χ2v) is 7.00. The van der Waals surface area contributed by atoms with E-state index in [1.54, 1.807) is 11.1 Å². The van der Waals surface area contributed by atoms with Crippen LogP contribution in [0.4, 0.5) is 0 Å². The predicted octanol–water partition coefficient (Wildman–Crippen LogP) is 4.55. The van der Waals surface area contributed by atoms with Crippen molar-refractivity contribution >= 4 is 0 Å². The van der Waals surface area contributed by atoms with Crippen molar-refractivity contribution in [2.75, 3.05) is 13.1 Å². The van der Waals surface area contributed by atoms with Crippen LogP contribution in [0.5, 0.6) is 0 Å². The zero-order chi connectivity index (χ0) is 14.6. The molecule has 0 amide bonds. The lowest BCUT2D eigenvalue weighted by molar-refractivity contribution is 0.227. The van der Waals surface area contributed by atoms with E-state index in [-0.39, 0.29) is 0 Å². The van der Waals surface area contributed by atoms with Crippen LogP contribution in [0.15, 0.2) is 24.3 Å². The predicted molar refractivity (Wildman–Crippen MR) is 88.2 cm³/mol. The number of nitrogens with one attached hydrogen (secondary N) is 1. The Balaban J connectivity index is 2.28. The lowest BCUT2D eigenvalue weighted by atomic mass is 9.62. The van der Waals surface area contributed by atoms with Crippen LogP contribution in [0.3, 0.4) is 0 Å². The van der Waals surface area contributed by atoms with Gasteiger partial charge in [0, 0.05) is 12.0 Å². The molecule has 0 radical (unpaired) electrons. The first kappa shape index (κ1) is 15.6. The first-order valence-corrected chi connectivity index (χ1v) is 8.39. The van der Waals surface area contributed by atoms with Gasteiger partial charge in [-0.05, 0) is 48.8 Å². The maximum absolute atomic E-state index is 3.75. The monoisotopic (exact) mass is 273 g/mol. The molecule has 1 heteroatoms. The smallest absolute Gasteiger partial charge is 0.0106 e. The summed E-state index contributed by atoms with van der Waals surface area (Å²) < 4.78 is 0. The summed E-state index contributed by atoms with van der Waals surface area (Å²) in [5.41, 5.74) is 3.56. The van der Waals surface area contributed by atoms with Gasteiger partial charge in [0.15, 0.2) is 0 Å². The van der Waals surface area contributed by atoms with Crippen molar-refractivity contribution in [1.82, 2.24) is 5.32 Å². The summed E-state index contributed by atoms with van der Waals surface area (Å²) in [5, 5.41) is 3.75. The van der Waals surface area contributed by atoms with Crippen LogP contribution < -0.4 is 5.32 Å². The molecule has 2 unspecified atom stereocenters. The van der Waals surface area contributed by atoms with Gasteiger partial charge in [-0.25, -0.2) is 0 Å². The zero-order valence-electron chi connectivity index (χ0n) is 13.7. The molecule has 1 aromatic carbocycles. The number of benzene rings is 1. The van der Waals surface area contributed by atoms with Gasteiger partial charge in [0.05, 0.1) is 0 Å². The average molecular weight is 273 g/mol. The lowest BCUT2D eigenvalue weighted by Gasteiger charge is -2.44. The molecule has 0 aromatic heterocycles. The molecule has 2 atom stereocenters. The Morgan fingerprint density at radius 3 is 2.65 bits per heavy atom. The Hall–Kier alpha value is -0.820. The highest BCUT2D eigenvalue weighted by Gasteiger charge is 2.39. The number of hydrogen-bond acceptors (Lipinski definition) is 1. The van der Waals surface area contributed by atoms with E-state index in [1.807, 2.05) is 0 Å². The van der Waals surface area contributed by atoms with Crippen molar-refractivity contribution in [3.63, 3.8) is 0 Å². The van der Waals surface area contributed by atoms with Crippen molar-refractivity contribution in [3.05, 3.63) is 35.4 Å². The van der Waals surface area contributed by atoms with Crippen LogP contribution in [0.2, 0.25) is 0 Å². The summed E-state index contributed by atoms with van der Waals surface area (Å²) in [6.07, 6.45) is 5.20. The molecule has 0 saturated heterocycles. The highest BCUT2D eigenvalue weighted by molar-refractivity contribution is 5.38. The number of rotatable bonds is 6. The van der Waals surface area contributed by atoms with Crippen molar-refractivity contribution < 1.29 is 0 Å². The minimum atomic E-state index is 0.346. The van der Waals surface area contributed by atoms with E-state index in [1.165, 1.54) is 25.7 Å². The van der Waals surface area contributed by atoms with E-state index >= 15 is 0 Å². The summed E-state index contributed by atoms with van der Waals surface area (Å²) in [6, 6.07) is 9.16. The van der Waals surface area contributed by atoms with Gasteiger partial charge < -0.3 is 5.32 Å². The van der Waals surface area contributed by atoms with Gasteiger partial charge in [0.2, 0.25) is 0 Å². The van der Waals surface area contributed by atoms with Crippen molar-refractivity contribution in [3.8, 4) is 0 Å². The molecule has 0 aliphatic heterocycles. The molecular weight excluding hydrogens is 242 g/mol. The molecule has 1 aromatic rings. The van der Waals surface area contributed by atoms with Gasteiger partial charge in [0.25, 0.3) is 0 Å². The van der Waals surface area contributed by atoms with E-state index in [0.717, 1.165) is 24.9 Å². The van der Waals surface area contributed by atoms with E-state index < -0.39 is 0 Å². The molecule has 0 bridgehead atoms. The molecule has 1 N–H and O–H groups in total. The van der Waals surface area contributed by atoms with Gasteiger partial charge in [-0.15, -0.1) is 0 Å². The lowest BCUT2D eigenvalue weighted by Crippen LogP contribution is -2.46. The molecule has 1 nitrogen and oxygen atoms in total. The second-order valence-electron chi connectivity index (χ2n) is 7.00. The minimum absolute atomic E-state index is 0.346. The molecule has 0 heterocycles. The van der Waals surface area contributed by atoms with Gasteiger partial charge >= 0.3 is 0 Å². The molecular formula is C19H31N. The molecule has 1 aliphatic rings. The molecule has 0 fully saturated rings. The van der Waals surface area contributed by atoms with Crippen LogP contribution in [0.1, 0.15) is 58.1 Å². The van der Waals surface area contributed by atoms with Crippen LogP contribution >= 0.6 is 0 Å². The van der Waals surface area contributed by atoms with Gasteiger partial charge in [-0.1, -0.05) is 58.4 Å². The molecule has 112 valence electrons. The zero-order valence-corrected chi connectivity index (χ0v) is 13.7. The third-order valence-electron chi connectivity index (χ3n) is 5.17. The normalized spacial score (nSPS) is 23.6. The summed E-state index contributed by atoms with van der Waals surface area (Å²) >= 11 is 0. The first-order chi connectivity index (χ1) is 9.60. The van der Waals surface area contributed by atoms with E-state index in [2.05, 4.69) is 57.3 Å². The standard InChI is InChI=1S/C19H31N/c1-5-16(4)19(14-20-13-15(2)3)12-8-10-17-9-6-7-11-18(17)19/h6-7,9,11,15-16,20H,5,8,10,12-14H2,1-4H3. The quantitative estimate of drug-likeness (QED) is 0.801. The fourth-order valence-corrected chi connectivity index (χ4v) is 3.80. The Morgan fingerprint density at radius 1 is 1.20 bits per heavy atom. The second kappa shape index (κ2) is 6.76. The summed E-state index contributed by atoms with van der Waals surface area (Å²) in [4.78, 5) is 0. The maximum Gasteiger partial charge on any atom is 0.0106 e. The highest BCUT2D eigenvalue weighted by Crippen LogP contribution is 2.43. The maximum atomic E-state index is 3.75. The van der Waals surface area contributed by atoms with Gasteiger partial charge in [-0.2, -0.15) is 0 Å². The van der Waals surface area contributed by atoms with Crippen LogP contribution in [0.25, 0.3) is 0 Å². The van der Waals surface area contributed by atoms with Crippen molar-refractivity contribution in [2.24, 2.45) is 11.8 Å². The van der Waals surface area contributed by atoms with Crippen LogP contribution in [-0.4, -0.2) is 13.1 Å². The summed E-state index contributed by atoms with van der Waals surface area (Å²) in [7, 11) is 0. The number of fused-ring (bicyclic) bond motifs is 1. The van der Waals surface area contributed by atoms with Gasteiger partial charge in [0.1, 0.15) is 0 Å². The molecule has 0 spiro atoms. The van der Waals surface area contributed by atoms with Crippen LogP contribution in [0, 0.1) is 11.8 Å². The Kier molecular flexibility index (Phi) is 5.26. The first-order valence-electron chi connectivity index (χ1n) is 8.39. The third kappa shape index (κ3) is 3.09. The highest BCUT2D eigenvalue weighted by atomic mass is 14.9. The number of hydrogen-bond donors (Lipinski definition) is 1. The average Bonchev–Trinajstić information content (AvgIpc) is 2.46. The SMILES string of the molecule is CCC(C)C1(CNCC(C)C)CCCc2ccccc21. The largest absolute Gasteiger partial charge is 0.316 e. The molecule has 1 aliphatic carbocycles. The Bertz CT molecular complexity index is 424. The van der Waals surface area contributed by atoms with Crippen LogP contribution in [-0.2, 0) is 11.8 Å². The topological polar surface area (TPSA) is 12.0 Å².